The highest BCUT2D eigenvalue weighted by molar-refractivity contribution is 8.00. The van der Waals surface area contributed by atoms with E-state index in [0.717, 1.165) is 37.6 Å². The topological polar surface area (TPSA) is 84.0 Å². The van der Waals surface area contributed by atoms with Crippen molar-refractivity contribution in [1.82, 2.24) is 15.3 Å². The van der Waals surface area contributed by atoms with Gasteiger partial charge >= 0.3 is 0 Å². The summed E-state index contributed by atoms with van der Waals surface area (Å²) < 4.78 is 0. The molecule has 2 amide bonds. The predicted molar refractivity (Wildman–Crippen MR) is 115 cm³/mol. The minimum atomic E-state index is -0.249. The van der Waals surface area contributed by atoms with Crippen LogP contribution in [0.15, 0.2) is 29.6 Å². The average molecular weight is 415 g/mol. The molecule has 0 saturated carbocycles. The van der Waals surface area contributed by atoms with Gasteiger partial charge in [0.2, 0.25) is 11.8 Å². The van der Waals surface area contributed by atoms with Crippen LogP contribution in [0.3, 0.4) is 0 Å². The summed E-state index contributed by atoms with van der Waals surface area (Å²) in [5.41, 5.74) is 4.04. The molecule has 0 radical (unpaired) electrons. The van der Waals surface area contributed by atoms with Gasteiger partial charge in [0, 0.05) is 16.0 Å². The Labute approximate surface area is 172 Å². The van der Waals surface area contributed by atoms with E-state index in [9.17, 15) is 9.59 Å². The molecule has 0 bridgehead atoms. The number of aryl methyl sites for hydroxylation is 3. The Kier molecular flexibility index (Phi) is 6.31. The summed E-state index contributed by atoms with van der Waals surface area (Å²) in [6.45, 7) is 7.97. The highest BCUT2D eigenvalue weighted by atomic mass is 32.2. The van der Waals surface area contributed by atoms with Crippen LogP contribution in [0.4, 0.5) is 5.69 Å². The fourth-order valence-corrected chi connectivity index (χ4v) is 4.65. The van der Waals surface area contributed by atoms with Gasteiger partial charge in [-0.05, 0) is 50.5 Å². The van der Waals surface area contributed by atoms with Crippen molar-refractivity contribution >= 4 is 50.8 Å². The molecule has 0 spiro atoms. The summed E-state index contributed by atoms with van der Waals surface area (Å²) >= 11 is 2.98. The number of thioether (sulfide) groups is 1. The fraction of sp³-hybridized carbons (Fsp3) is 0.300. The Hall–Kier alpha value is -2.45. The van der Waals surface area contributed by atoms with Crippen LogP contribution in [-0.4, -0.2) is 34.1 Å². The number of anilines is 1. The third kappa shape index (κ3) is 4.51. The molecule has 3 rings (SSSR count). The Bertz CT molecular complexity index is 1050. The largest absolute Gasteiger partial charge is 0.346 e. The van der Waals surface area contributed by atoms with E-state index in [1.54, 1.807) is 11.3 Å². The van der Waals surface area contributed by atoms with Gasteiger partial charge in [-0.25, -0.2) is 9.97 Å². The maximum atomic E-state index is 12.2. The maximum absolute atomic E-state index is 12.2. The lowest BCUT2D eigenvalue weighted by atomic mass is 10.1. The molecular weight excluding hydrogens is 392 g/mol. The first-order valence-electron chi connectivity index (χ1n) is 8.83. The second kappa shape index (κ2) is 8.70. The van der Waals surface area contributed by atoms with Gasteiger partial charge in [-0.2, -0.15) is 0 Å². The van der Waals surface area contributed by atoms with Crippen molar-refractivity contribution in [1.29, 1.82) is 0 Å². The van der Waals surface area contributed by atoms with E-state index in [1.807, 2.05) is 39.0 Å². The number of aromatic nitrogens is 2. The Balaban J connectivity index is 1.54. The zero-order valence-corrected chi connectivity index (χ0v) is 17.9. The minimum Gasteiger partial charge on any atom is -0.346 e. The SMILES string of the molecule is Cc1cccc(NC(=O)CNC(=O)CSc2ncnc3sc(C)c(C)c23)c1C. The lowest BCUT2D eigenvalue weighted by molar-refractivity contribution is -0.122. The first-order valence-corrected chi connectivity index (χ1v) is 10.6. The van der Waals surface area contributed by atoms with Gasteiger partial charge in [-0.3, -0.25) is 9.59 Å². The third-order valence-electron chi connectivity index (χ3n) is 4.60. The number of benzene rings is 1. The molecule has 0 aliphatic heterocycles. The third-order valence-corrected chi connectivity index (χ3v) is 6.70. The van der Waals surface area contributed by atoms with E-state index in [0.29, 0.717) is 0 Å². The van der Waals surface area contributed by atoms with Gasteiger partial charge in [0.05, 0.1) is 12.3 Å². The van der Waals surface area contributed by atoms with Crippen molar-refractivity contribution in [2.24, 2.45) is 0 Å². The summed E-state index contributed by atoms with van der Waals surface area (Å²) in [5.74, 6) is -0.268. The highest BCUT2D eigenvalue weighted by Gasteiger charge is 2.14. The highest BCUT2D eigenvalue weighted by Crippen LogP contribution is 2.34. The molecule has 6 nitrogen and oxygen atoms in total. The number of carbonyl (C=O) groups excluding carboxylic acids is 2. The molecule has 8 heteroatoms. The van der Waals surface area contributed by atoms with Crippen molar-refractivity contribution < 1.29 is 9.59 Å². The first kappa shape index (κ1) is 20.3. The molecule has 146 valence electrons. The second-order valence-electron chi connectivity index (χ2n) is 6.50. The van der Waals surface area contributed by atoms with E-state index < -0.39 is 0 Å². The number of nitrogens with zero attached hydrogens (tertiary/aromatic N) is 2. The number of carbonyl (C=O) groups is 2. The molecule has 2 heterocycles. The van der Waals surface area contributed by atoms with Gasteiger partial charge in [0.15, 0.2) is 0 Å². The van der Waals surface area contributed by atoms with Crippen LogP contribution in [0.2, 0.25) is 0 Å². The molecule has 0 unspecified atom stereocenters. The van der Waals surface area contributed by atoms with Crippen molar-refractivity contribution in [2.75, 3.05) is 17.6 Å². The van der Waals surface area contributed by atoms with Gasteiger partial charge in [-0.15, -0.1) is 11.3 Å². The monoisotopic (exact) mass is 414 g/mol. The van der Waals surface area contributed by atoms with Crippen LogP contribution in [-0.2, 0) is 9.59 Å². The maximum Gasteiger partial charge on any atom is 0.243 e. The van der Waals surface area contributed by atoms with E-state index in [4.69, 9.17) is 0 Å². The lowest BCUT2D eigenvalue weighted by Gasteiger charge is -2.11. The Morgan fingerprint density at radius 1 is 1.07 bits per heavy atom. The molecule has 0 aliphatic rings. The number of rotatable bonds is 6. The number of fused-ring (bicyclic) bond motifs is 1. The van der Waals surface area contributed by atoms with Crippen LogP contribution in [0.1, 0.15) is 21.6 Å². The first-order chi connectivity index (χ1) is 13.4. The number of nitrogens with one attached hydrogen (secondary N) is 2. The normalized spacial score (nSPS) is 10.9. The molecule has 2 aromatic heterocycles. The summed E-state index contributed by atoms with van der Waals surface area (Å²) in [4.78, 5) is 35.0. The number of thiophene rings is 1. The molecule has 0 saturated heterocycles. The van der Waals surface area contributed by atoms with E-state index >= 15 is 0 Å². The Morgan fingerprint density at radius 2 is 1.86 bits per heavy atom. The van der Waals surface area contributed by atoms with Crippen LogP contribution < -0.4 is 10.6 Å². The molecule has 0 fully saturated rings. The zero-order chi connectivity index (χ0) is 20.3. The van der Waals surface area contributed by atoms with Crippen LogP contribution >= 0.6 is 23.1 Å². The predicted octanol–water partition coefficient (Wildman–Crippen LogP) is 3.77. The fourth-order valence-electron chi connectivity index (χ4n) is 2.70. The molecule has 28 heavy (non-hydrogen) atoms. The summed E-state index contributed by atoms with van der Waals surface area (Å²) in [7, 11) is 0. The summed E-state index contributed by atoms with van der Waals surface area (Å²) in [6, 6.07) is 5.73. The van der Waals surface area contributed by atoms with E-state index in [-0.39, 0.29) is 24.1 Å². The second-order valence-corrected chi connectivity index (χ2v) is 8.67. The van der Waals surface area contributed by atoms with Crippen molar-refractivity contribution in [3.8, 4) is 0 Å². The van der Waals surface area contributed by atoms with Gasteiger partial charge in [0.1, 0.15) is 16.2 Å². The van der Waals surface area contributed by atoms with Gasteiger partial charge < -0.3 is 10.6 Å². The lowest BCUT2D eigenvalue weighted by Crippen LogP contribution is -2.34. The summed E-state index contributed by atoms with van der Waals surface area (Å²) in [5, 5.41) is 7.30. The van der Waals surface area contributed by atoms with Gasteiger partial charge in [0.25, 0.3) is 0 Å². The van der Waals surface area contributed by atoms with Crippen molar-refractivity contribution in [3.05, 3.63) is 46.1 Å². The van der Waals surface area contributed by atoms with Crippen molar-refractivity contribution in [3.63, 3.8) is 0 Å². The number of hydrogen-bond donors (Lipinski definition) is 2. The molecule has 0 atom stereocenters. The van der Waals surface area contributed by atoms with Gasteiger partial charge in [-0.1, -0.05) is 23.9 Å². The average Bonchev–Trinajstić information content (AvgIpc) is 2.96. The molecule has 2 N–H and O–H groups in total. The number of hydrogen-bond acceptors (Lipinski definition) is 6. The standard InChI is InChI=1S/C20H22N4O2S2/c1-11-6-5-7-15(12(11)2)24-16(25)8-21-17(26)9-27-19-18-13(3)14(4)28-20(18)23-10-22-19/h5-7,10H,8-9H2,1-4H3,(H,21,26)(H,24,25). The minimum absolute atomic E-state index is 0.0669. The van der Waals surface area contributed by atoms with Crippen LogP contribution in [0.25, 0.3) is 10.2 Å². The zero-order valence-electron chi connectivity index (χ0n) is 16.3. The smallest absolute Gasteiger partial charge is 0.243 e. The molecular formula is C20H22N4O2S2. The van der Waals surface area contributed by atoms with E-state index in [1.165, 1.54) is 23.0 Å². The molecule has 3 aromatic rings. The number of amides is 2. The van der Waals surface area contributed by atoms with E-state index in [2.05, 4.69) is 27.5 Å². The molecule has 1 aromatic carbocycles. The van der Waals surface area contributed by atoms with Crippen LogP contribution in [0, 0.1) is 27.7 Å². The summed E-state index contributed by atoms with van der Waals surface area (Å²) in [6.07, 6.45) is 1.52. The quantitative estimate of drug-likeness (QED) is 0.474. The Morgan fingerprint density at radius 3 is 2.64 bits per heavy atom. The molecule has 0 aliphatic carbocycles. The van der Waals surface area contributed by atoms with Crippen molar-refractivity contribution in [2.45, 2.75) is 32.7 Å². The van der Waals surface area contributed by atoms with Crippen LogP contribution in [0.5, 0.6) is 0 Å².